The van der Waals surface area contributed by atoms with Gasteiger partial charge in [-0.3, -0.25) is 9.69 Å². The van der Waals surface area contributed by atoms with Crippen LogP contribution in [0.4, 0.5) is 4.39 Å². The van der Waals surface area contributed by atoms with Gasteiger partial charge in [0.05, 0.1) is 20.3 Å². The molecule has 0 heterocycles. The van der Waals surface area contributed by atoms with Gasteiger partial charge in [-0.2, -0.15) is 0 Å². The monoisotopic (exact) mass is 269 g/mol. The Morgan fingerprint density at radius 1 is 1.42 bits per heavy atom. The van der Waals surface area contributed by atoms with Crippen LogP contribution in [-0.2, 0) is 4.74 Å². The molecule has 0 amide bonds. The molecule has 0 bridgehead atoms. The minimum atomic E-state index is -0.527. The lowest BCUT2D eigenvalue weighted by molar-refractivity contribution is 0.0841. The van der Waals surface area contributed by atoms with E-state index >= 15 is 0 Å². The molecule has 0 radical (unpaired) electrons. The number of halogens is 1. The minimum Gasteiger partial charge on any atom is -0.494 e. The third-order valence-electron chi connectivity index (χ3n) is 3.03. The van der Waals surface area contributed by atoms with Crippen molar-refractivity contribution in [2.24, 2.45) is 0 Å². The molecule has 1 rings (SSSR count). The molecular weight excluding hydrogens is 249 g/mol. The lowest BCUT2D eigenvalue weighted by Crippen LogP contribution is -2.36. The highest BCUT2D eigenvalue weighted by Crippen LogP contribution is 2.18. The van der Waals surface area contributed by atoms with Crippen molar-refractivity contribution in [3.8, 4) is 5.75 Å². The number of carbonyl (C=O) groups is 1. The number of hydrogen-bond acceptors (Lipinski definition) is 4. The zero-order valence-electron chi connectivity index (χ0n) is 11.8. The summed E-state index contributed by atoms with van der Waals surface area (Å²) in [6, 6.07) is 4.35. The Hall–Kier alpha value is -1.46. The number of Topliss-reactive ketones (excluding diaryl/α,β-unsaturated/α-hetero) is 1. The van der Waals surface area contributed by atoms with Gasteiger partial charge in [-0.15, -0.1) is 0 Å². The van der Waals surface area contributed by atoms with Crippen molar-refractivity contribution in [1.29, 1.82) is 0 Å². The number of nitrogens with zero attached hydrogens (tertiary/aromatic N) is 1. The summed E-state index contributed by atoms with van der Waals surface area (Å²) in [5, 5.41) is 0. The van der Waals surface area contributed by atoms with Gasteiger partial charge in [0.2, 0.25) is 0 Å². The van der Waals surface area contributed by atoms with Crippen molar-refractivity contribution < 1.29 is 18.7 Å². The maximum Gasteiger partial charge on any atom is 0.176 e. The van der Waals surface area contributed by atoms with Gasteiger partial charge in [-0.25, -0.2) is 4.39 Å². The second kappa shape index (κ2) is 7.21. The Morgan fingerprint density at radius 3 is 2.63 bits per heavy atom. The van der Waals surface area contributed by atoms with Gasteiger partial charge in [-0.1, -0.05) is 0 Å². The molecule has 106 valence electrons. The third-order valence-corrected chi connectivity index (χ3v) is 3.03. The van der Waals surface area contributed by atoms with Crippen LogP contribution in [-0.4, -0.2) is 51.1 Å². The van der Waals surface area contributed by atoms with E-state index in [4.69, 9.17) is 9.47 Å². The van der Waals surface area contributed by atoms with Crippen LogP contribution < -0.4 is 4.74 Å². The minimum absolute atomic E-state index is 0.122. The molecular formula is C14H20FNO3. The van der Waals surface area contributed by atoms with Crippen molar-refractivity contribution in [2.45, 2.75) is 13.0 Å². The fourth-order valence-electron chi connectivity index (χ4n) is 1.68. The standard InChI is InChI=1S/C14H20FNO3/c1-10(9-18-3)16(2)8-13(17)11-5-6-14(19-4)12(15)7-11/h5-7,10H,8-9H2,1-4H3. The summed E-state index contributed by atoms with van der Waals surface area (Å²) >= 11 is 0. The molecule has 1 atom stereocenters. The number of ether oxygens (including phenoxy) is 2. The van der Waals surface area contributed by atoms with E-state index in [1.807, 2.05) is 18.9 Å². The quantitative estimate of drug-likeness (QED) is 0.710. The fraction of sp³-hybridized carbons (Fsp3) is 0.500. The van der Waals surface area contributed by atoms with Crippen LogP contribution in [0.1, 0.15) is 17.3 Å². The molecule has 0 aromatic heterocycles. The number of rotatable bonds is 7. The smallest absolute Gasteiger partial charge is 0.176 e. The first kappa shape index (κ1) is 15.6. The molecule has 4 nitrogen and oxygen atoms in total. The van der Waals surface area contributed by atoms with Crippen LogP contribution in [0.15, 0.2) is 18.2 Å². The molecule has 0 N–H and O–H groups in total. The molecule has 5 heteroatoms. The molecule has 0 aliphatic carbocycles. The summed E-state index contributed by atoms with van der Waals surface area (Å²) in [7, 11) is 4.84. The predicted molar refractivity (Wildman–Crippen MR) is 71.3 cm³/mol. The molecule has 19 heavy (non-hydrogen) atoms. The molecule has 1 unspecified atom stereocenters. The highest BCUT2D eigenvalue weighted by molar-refractivity contribution is 5.97. The van der Waals surface area contributed by atoms with Crippen molar-refractivity contribution in [3.05, 3.63) is 29.6 Å². The summed E-state index contributed by atoms with van der Waals surface area (Å²) in [6.07, 6.45) is 0. The van der Waals surface area contributed by atoms with Crippen LogP contribution >= 0.6 is 0 Å². The second-order valence-corrected chi connectivity index (χ2v) is 4.49. The lowest BCUT2D eigenvalue weighted by atomic mass is 10.1. The van der Waals surface area contributed by atoms with Gasteiger partial charge < -0.3 is 9.47 Å². The first-order valence-electron chi connectivity index (χ1n) is 6.05. The maximum absolute atomic E-state index is 13.5. The van der Waals surface area contributed by atoms with Crippen molar-refractivity contribution in [2.75, 3.05) is 34.4 Å². The van der Waals surface area contributed by atoms with Gasteiger partial charge >= 0.3 is 0 Å². The number of methoxy groups -OCH3 is 2. The summed E-state index contributed by atoms with van der Waals surface area (Å²) in [6.45, 7) is 2.72. The van der Waals surface area contributed by atoms with E-state index in [-0.39, 0.29) is 24.1 Å². The number of ketones is 1. The first-order valence-corrected chi connectivity index (χ1v) is 6.05. The summed E-state index contributed by atoms with van der Waals surface area (Å²) in [5.74, 6) is -0.523. The molecule has 0 saturated heterocycles. The fourth-order valence-corrected chi connectivity index (χ4v) is 1.68. The lowest BCUT2D eigenvalue weighted by Gasteiger charge is -2.23. The summed E-state index contributed by atoms with van der Waals surface area (Å²) in [5.41, 5.74) is 0.342. The first-order chi connectivity index (χ1) is 8.99. The van der Waals surface area contributed by atoms with Gasteiger partial charge in [0.15, 0.2) is 17.3 Å². The van der Waals surface area contributed by atoms with E-state index in [2.05, 4.69) is 0 Å². The Labute approximate surface area is 113 Å². The van der Waals surface area contributed by atoms with E-state index < -0.39 is 5.82 Å². The van der Waals surface area contributed by atoms with Crippen LogP contribution in [0.3, 0.4) is 0 Å². The predicted octanol–water partition coefficient (Wildman–Crippen LogP) is 1.98. The highest BCUT2D eigenvalue weighted by atomic mass is 19.1. The topological polar surface area (TPSA) is 38.8 Å². The average Bonchev–Trinajstić information content (AvgIpc) is 2.38. The molecule has 1 aromatic rings. The zero-order chi connectivity index (χ0) is 14.4. The van der Waals surface area contributed by atoms with E-state index in [9.17, 15) is 9.18 Å². The maximum atomic E-state index is 13.5. The van der Waals surface area contributed by atoms with Crippen molar-refractivity contribution in [3.63, 3.8) is 0 Å². The Balaban J connectivity index is 2.70. The van der Waals surface area contributed by atoms with Crippen LogP contribution in [0, 0.1) is 5.82 Å². The molecule has 0 spiro atoms. The highest BCUT2D eigenvalue weighted by Gasteiger charge is 2.15. The largest absolute Gasteiger partial charge is 0.494 e. The molecule has 0 aliphatic heterocycles. The van der Waals surface area contributed by atoms with Crippen molar-refractivity contribution >= 4 is 5.78 Å². The average molecular weight is 269 g/mol. The number of carbonyl (C=O) groups excluding carboxylic acids is 1. The van der Waals surface area contributed by atoms with Crippen LogP contribution in [0.5, 0.6) is 5.75 Å². The summed E-state index contributed by atoms with van der Waals surface area (Å²) < 4.78 is 23.4. The van der Waals surface area contributed by atoms with Gasteiger partial charge in [-0.05, 0) is 32.2 Å². The van der Waals surface area contributed by atoms with E-state index in [0.717, 1.165) is 0 Å². The molecule has 1 aromatic carbocycles. The number of likely N-dealkylation sites (N-methyl/N-ethyl adjacent to an activating group) is 1. The number of benzene rings is 1. The summed E-state index contributed by atoms with van der Waals surface area (Å²) in [4.78, 5) is 13.9. The van der Waals surface area contributed by atoms with Crippen LogP contribution in [0.2, 0.25) is 0 Å². The Bertz CT molecular complexity index is 437. The molecule has 0 fully saturated rings. The second-order valence-electron chi connectivity index (χ2n) is 4.49. The molecule has 0 saturated carbocycles. The number of hydrogen-bond donors (Lipinski definition) is 0. The van der Waals surface area contributed by atoms with E-state index in [1.54, 1.807) is 13.2 Å². The Kier molecular flexibility index (Phi) is 5.92. The molecule has 0 aliphatic rings. The van der Waals surface area contributed by atoms with Gasteiger partial charge in [0.25, 0.3) is 0 Å². The van der Waals surface area contributed by atoms with E-state index in [1.165, 1.54) is 19.2 Å². The van der Waals surface area contributed by atoms with Crippen molar-refractivity contribution in [1.82, 2.24) is 4.90 Å². The third kappa shape index (κ3) is 4.29. The van der Waals surface area contributed by atoms with Gasteiger partial charge in [0.1, 0.15) is 0 Å². The Morgan fingerprint density at radius 2 is 2.11 bits per heavy atom. The zero-order valence-corrected chi connectivity index (χ0v) is 11.8. The van der Waals surface area contributed by atoms with E-state index in [0.29, 0.717) is 12.2 Å². The van der Waals surface area contributed by atoms with Gasteiger partial charge in [0, 0.05) is 18.7 Å². The SMILES string of the molecule is COCC(C)N(C)CC(=O)c1ccc(OC)c(F)c1. The van der Waals surface area contributed by atoms with Crippen LogP contribution in [0.25, 0.3) is 0 Å². The normalized spacial score (nSPS) is 12.5.